The largest absolute Gasteiger partial charge is 0.476 e. The molecule has 1 aromatic carbocycles. The number of aromatic nitrogens is 1. The first-order chi connectivity index (χ1) is 10.8. The SMILES string of the molecule is Cc1sc(-c2ccc(C#N)cc2)nc1OCCN1CCCC1. The van der Waals surface area contributed by atoms with E-state index in [9.17, 15) is 0 Å². The molecule has 1 aliphatic rings. The molecule has 0 saturated carbocycles. The van der Waals surface area contributed by atoms with Gasteiger partial charge in [-0.15, -0.1) is 11.3 Å². The van der Waals surface area contributed by atoms with Crippen LogP contribution in [0, 0.1) is 18.3 Å². The topological polar surface area (TPSA) is 49.1 Å². The lowest BCUT2D eigenvalue weighted by atomic mass is 10.1. The molecule has 5 heteroatoms. The van der Waals surface area contributed by atoms with Crippen LogP contribution in [0.4, 0.5) is 0 Å². The predicted octanol–water partition coefficient (Wildman–Crippen LogP) is 3.46. The minimum Gasteiger partial charge on any atom is -0.476 e. The molecule has 4 nitrogen and oxygen atoms in total. The van der Waals surface area contributed by atoms with E-state index in [0.717, 1.165) is 27.9 Å². The number of benzene rings is 1. The minimum absolute atomic E-state index is 0.666. The Hall–Kier alpha value is -1.90. The fourth-order valence-electron chi connectivity index (χ4n) is 2.60. The van der Waals surface area contributed by atoms with Gasteiger partial charge in [-0.25, -0.2) is 4.98 Å². The first kappa shape index (κ1) is 15.0. The number of ether oxygens (including phenoxy) is 1. The van der Waals surface area contributed by atoms with E-state index in [1.807, 2.05) is 31.2 Å². The molecule has 0 aliphatic carbocycles. The summed E-state index contributed by atoms with van der Waals surface area (Å²) in [4.78, 5) is 8.13. The summed E-state index contributed by atoms with van der Waals surface area (Å²) >= 11 is 1.63. The second kappa shape index (κ2) is 6.91. The smallest absolute Gasteiger partial charge is 0.228 e. The summed E-state index contributed by atoms with van der Waals surface area (Å²) in [5, 5.41) is 9.79. The van der Waals surface area contributed by atoms with E-state index < -0.39 is 0 Å². The van der Waals surface area contributed by atoms with E-state index in [1.165, 1.54) is 25.9 Å². The van der Waals surface area contributed by atoms with Crippen molar-refractivity contribution in [3.63, 3.8) is 0 Å². The molecule has 1 saturated heterocycles. The standard InChI is InChI=1S/C17H19N3OS/c1-13-16(21-11-10-20-8-2-3-9-20)19-17(22-13)15-6-4-14(12-18)5-7-15/h4-7H,2-3,8-11H2,1H3. The van der Waals surface area contributed by atoms with Crippen LogP contribution in [0.1, 0.15) is 23.3 Å². The van der Waals surface area contributed by atoms with Crippen LogP contribution in [0.3, 0.4) is 0 Å². The van der Waals surface area contributed by atoms with Crippen molar-refractivity contribution in [2.45, 2.75) is 19.8 Å². The summed E-state index contributed by atoms with van der Waals surface area (Å²) in [5.41, 5.74) is 1.70. The monoisotopic (exact) mass is 313 g/mol. The summed E-state index contributed by atoms with van der Waals surface area (Å²) in [6.45, 7) is 6.09. The molecule has 0 radical (unpaired) electrons. The van der Waals surface area contributed by atoms with Gasteiger partial charge in [-0.3, -0.25) is 4.90 Å². The number of rotatable bonds is 5. The van der Waals surface area contributed by atoms with E-state index in [1.54, 1.807) is 11.3 Å². The highest BCUT2D eigenvalue weighted by Gasteiger charge is 2.13. The maximum atomic E-state index is 8.85. The molecule has 0 unspecified atom stereocenters. The fourth-order valence-corrected chi connectivity index (χ4v) is 3.47. The zero-order valence-corrected chi connectivity index (χ0v) is 13.5. The maximum Gasteiger partial charge on any atom is 0.228 e. The Morgan fingerprint density at radius 2 is 2.00 bits per heavy atom. The minimum atomic E-state index is 0.666. The number of nitriles is 1. The quantitative estimate of drug-likeness (QED) is 0.848. The maximum absolute atomic E-state index is 8.85. The first-order valence-electron chi connectivity index (χ1n) is 7.59. The molecular formula is C17H19N3OS. The zero-order chi connectivity index (χ0) is 15.4. The Balaban J connectivity index is 1.63. The van der Waals surface area contributed by atoms with Gasteiger partial charge in [0.1, 0.15) is 11.6 Å². The van der Waals surface area contributed by atoms with E-state index in [0.29, 0.717) is 12.2 Å². The van der Waals surface area contributed by atoms with Crippen LogP contribution in [0.15, 0.2) is 24.3 Å². The van der Waals surface area contributed by atoms with Crippen molar-refractivity contribution in [3.8, 4) is 22.5 Å². The molecule has 0 bridgehead atoms. The van der Waals surface area contributed by atoms with Crippen molar-refractivity contribution in [3.05, 3.63) is 34.7 Å². The second-order valence-electron chi connectivity index (χ2n) is 5.47. The van der Waals surface area contributed by atoms with E-state index in [2.05, 4.69) is 16.0 Å². The molecule has 1 fully saturated rings. The Morgan fingerprint density at radius 1 is 1.27 bits per heavy atom. The van der Waals surface area contributed by atoms with Gasteiger partial charge >= 0.3 is 0 Å². The van der Waals surface area contributed by atoms with Gasteiger partial charge in [0.05, 0.1) is 16.5 Å². The molecular weight excluding hydrogens is 294 g/mol. The lowest BCUT2D eigenvalue weighted by molar-refractivity contribution is 0.232. The van der Waals surface area contributed by atoms with Crippen LogP contribution in [0.25, 0.3) is 10.6 Å². The second-order valence-corrected chi connectivity index (χ2v) is 6.67. The van der Waals surface area contributed by atoms with Crippen LogP contribution < -0.4 is 4.74 Å². The number of thiazole rings is 1. The van der Waals surface area contributed by atoms with Crippen molar-refractivity contribution < 1.29 is 4.74 Å². The molecule has 114 valence electrons. The number of hydrogen-bond donors (Lipinski definition) is 0. The summed E-state index contributed by atoms with van der Waals surface area (Å²) in [6, 6.07) is 9.64. The molecule has 0 atom stereocenters. The van der Waals surface area contributed by atoms with Crippen LogP contribution in [-0.4, -0.2) is 36.1 Å². The van der Waals surface area contributed by atoms with Gasteiger partial charge in [0.15, 0.2) is 0 Å². The molecule has 3 rings (SSSR count). The molecule has 22 heavy (non-hydrogen) atoms. The Labute approximate surface area is 135 Å². The van der Waals surface area contributed by atoms with Crippen LogP contribution in [0.5, 0.6) is 5.88 Å². The zero-order valence-electron chi connectivity index (χ0n) is 12.7. The third kappa shape index (κ3) is 3.46. The fraction of sp³-hybridized carbons (Fsp3) is 0.412. The molecule has 0 amide bonds. The lowest BCUT2D eigenvalue weighted by Crippen LogP contribution is -2.25. The predicted molar refractivity (Wildman–Crippen MR) is 88.2 cm³/mol. The molecule has 1 aromatic heterocycles. The molecule has 2 heterocycles. The number of likely N-dealkylation sites (tertiary alicyclic amines) is 1. The van der Waals surface area contributed by atoms with Gasteiger partial charge in [0.25, 0.3) is 0 Å². The Bertz CT molecular complexity index is 666. The summed E-state index contributed by atoms with van der Waals surface area (Å²) in [5.74, 6) is 0.739. The highest BCUT2D eigenvalue weighted by Crippen LogP contribution is 2.31. The van der Waals surface area contributed by atoms with Gasteiger partial charge in [-0.2, -0.15) is 5.26 Å². The van der Waals surface area contributed by atoms with E-state index in [4.69, 9.17) is 10.00 Å². The normalized spacial score (nSPS) is 14.9. The number of aryl methyl sites for hydroxylation is 1. The van der Waals surface area contributed by atoms with Crippen molar-refractivity contribution >= 4 is 11.3 Å². The van der Waals surface area contributed by atoms with E-state index >= 15 is 0 Å². The lowest BCUT2D eigenvalue weighted by Gasteiger charge is -2.14. The van der Waals surface area contributed by atoms with Crippen molar-refractivity contribution in [1.29, 1.82) is 5.26 Å². The van der Waals surface area contributed by atoms with Crippen LogP contribution in [0.2, 0.25) is 0 Å². The van der Waals surface area contributed by atoms with Gasteiger partial charge in [-0.05, 0) is 45.0 Å². The first-order valence-corrected chi connectivity index (χ1v) is 8.41. The molecule has 0 N–H and O–H groups in total. The summed E-state index contributed by atoms with van der Waals surface area (Å²) in [7, 11) is 0. The molecule has 2 aromatic rings. The number of nitrogens with zero attached hydrogens (tertiary/aromatic N) is 3. The number of hydrogen-bond acceptors (Lipinski definition) is 5. The van der Waals surface area contributed by atoms with Gasteiger partial charge < -0.3 is 4.74 Å². The highest BCUT2D eigenvalue weighted by atomic mass is 32.1. The summed E-state index contributed by atoms with van der Waals surface area (Å²) < 4.78 is 5.85. The van der Waals surface area contributed by atoms with Gasteiger partial charge in [-0.1, -0.05) is 12.1 Å². The van der Waals surface area contributed by atoms with E-state index in [-0.39, 0.29) is 0 Å². The third-order valence-electron chi connectivity index (χ3n) is 3.86. The summed E-state index contributed by atoms with van der Waals surface area (Å²) in [6.07, 6.45) is 2.61. The Kier molecular flexibility index (Phi) is 4.71. The van der Waals surface area contributed by atoms with Crippen molar-refractivity contribution in [2.24, 2.45) is 0 Å². The molecule has 0 spiro atoms. The molecule has 1 aliphatic heterocycles. The van der Waals surface area contributed by atoms with Gasteiger partial charge in [0, 0.05) is 12.1 Å². The Morgan fingerprint density at radius 3 is 2.68 bits per heavy atom. The average Bonchev–Trinajstić information content (AvgIpc) is 3.18. The average molecular weight is 313 g/mol. The van der Waals surface area contributed by atoms with Crippen molar-refractivity contribution in [1.82, 2.24) is 9.88 Å². The van der Waals surface area contributed by atoms with Crippen LogP contribution >= 0.6 is 11.3 Å². The van der Waals surface area contributed by atoms with Crippen LogP contribution in [-0.2, 0) is 0 Å². The third-order valence-corrected chi connectivity index (χ3v) is 4.86. The highest BCUT2D eigenvalue weighted by molar-refractivity contribution is 7.15. The van der Waals surface area contributed by atoms with Gasteiger partial charge in [0.2, 0.25) is 5.88 Å². The van der Waals surface area contributed by atoms with Crippen molar-refractivity contribution in [2.75, 3.05) is 26.2 Å².